The highest BCUT2D eigenvalue weighted by atomic mass is 32.2. The number of amides is 1. The molecular weight excluding hydrogens is 418 g/mol. The van der Waals surface area contributed by atoms with Crippen LogP contribution in [0.1, 0.15) is 41.5 Å². The molecule has 0 saturated carbocycles. The van der Waals surface area contributed by atoms with Gasteiger partial charge >= 0.3 is 0 Å². The molecular formula is C21H31N5O4S. The molecule has 2 saturated heterocycles. The van der Waals surface area contributed by atoms with E-state index in [1.165, 1.54) is 10.6 Å². The molecule has 9 nitrogen and oxygen atoms in total. The first-order valence-electron chi connectivity index (χ1n) is 10.9. The molecule has 2 aliphatic heterocycles. The monoisotopic (exact) mass is 449 g/mol. The van der Waals surface area contributed by atoms with Crippen LogP contribution in [0.15, 0.2) is 24.4 Å². The summed E-state index contributed by atoms with van der Waals surface area (Å²) in [7, 11) is -3.25. The number of ether oxygens (including phenoxy) is 1. The van der Waals surface area contributed by atoms with Crippen LogP contribution < -0.4 is 5.32 Å². The zero-order valence-corrected chi connectivity index (χ0v) is 18.8. The van der Waals surface area contributed by atoms with Crippen molar-refractivity contribution in [3.05, 3.63) is 35.9 Å². The predicted molar refractivity (Wildman–Crippen MR) is 118 cm³/mol. The Kier molecular flexibility index (Phi) is 6.90. The summed E-state index contributed by atoms with van der Waals surface area (Å²) in [5, 5.41) is 3.00. The molecule has 0 radical (unpaired) electrons. The second kappa shape index (κ2) is 9.64. The number of nitrogens with zero attached hydrogens (tertiary/aromatic N) is 4. The number of sulfonamides is 1. The molecule has 31 heavy (non-hydrogen) atoms. The lowest BCUT2D eigenvalue weighted by molar-refractivity contribution is 0.0374. The fourth-order valence-corrected chi connectivity index (χ4v) is 5.30. The van der Waals surface area contributed by atoms with Gasteiger partial charge in [0.05, 0.1) is 25.0 Å². The summed E-state index contributed by atoms with van der Waals surface area (Å²) in [4.78, 5) is 19.9. The van der Waals surface area contributed by atoms with Crippen molar-refractivity contribution in [1.29, 1.82) is 0 Å². The second-order valence-electron chi connectivity index (χ2n) is 8.30. The molecule has 1 atom stereocenters. The van der Waals surface area contributed by atoms with Gasteiger partial charge in [-0.05, 0) is 37.9 Å². The van der Waals surface area contributed by atoms with Gasteiger partial charge in [0.1, 0.15) is 5.82 Å². The van der Waals surface area contributed by atoms with Gasteiger partial charge in [-0.15, -0.1) is 0 Å². The minimum absolute atomic E-state index is 0.0405. The number of hydrogen-bond acceptors (Lipinski definition) is 6. The molecule has 10 heteroatoms. The van der Waals surface area contributed by atoms with Crippen LogP contribution in [-0.4, -0.2) is 91.7 Å². The molecule has 2 aliphatic rings. The third kappa shape index (κ3) is 5.25. The molecule has 4 rings (SSSR count). The average Bonchev–Trinajstić information content (AvgIpc) is 3.17. The zero-order chi connectivity index (χ0) is 21.8. The molecule has 2 aromatic heterocycles. The number of morpholine rings is 1. The molecule has 0 bridgehead atoms. The van der Waals surface area contributed by atoms with Crippen LogP contribution in [-0.2, 0) is 14.8 Å². The van der Waals surface area contributed by atoms with Gasteiger partial charge in [-0.3, -0.25) is 9.69 Å². The molecule has 0 aliphatic carbocycles. The van der Waals surface area contributed by atoms with Crippen molar-refractivity contribution < 1.29 is 17.9 Å². The maximum atomic E-state index is 12.9. The number of imidazole rings is 1. The minimum Gasteiger partial charge on any atom is -0.379 e. The van der Waals surface area contributed by atoms with E-state index in [9.17, 15) is 13.2 Å². The van der Waals surface area contributed by atoms with Gasteiger partial charge in [0.2, 0.25) is 10.0 Å². The van der Waals surface area contributed by atoms with Gasteiger partial charge in [0.15, 0.2) is 5.69 Å². The fraction of sp³-hybridized carbons (Fsp3) is 0.619. The third-order valence-electron chi connectivity index (χ3n) is 6.05. The topological polar surface area (TPSA) is 96.2 Å². The largest absolute Gasteiger partial charge is 0.379 e. The average molecular weight is 450 g/mol. The molecule has 4 heterocycles. The molecule has 0 spiro atoms. The van der Waals surface area contributed by atoms with Crippen molar-refractivity contribution in [2.24, 2.45) is 0 Å². The number of rotatable bonds is 7. The summed E-state index contributed by atoms with van der Waals surface area (Å²) in [5.74, 6) is 0.524. The summed E-state index contributed by atoms with van der Waals surface area (Å²) < 4.78 is 32.9. The Labute approximate surface area is 183 Å². The van der Waals surface area contributed by atoms with E-state index in [-0.39, 0.29) is 11.8 Å². The van der Waals surface area contributed by atoms with Crippen molar-refractivity contribution in [2.75, 3.05) is 58.7 Å². The number of piperidine rings is 1. The highest BCUT2D eigenvalue weighted by molar-refractivity contribution is 7.88. The number of carbonyl (C=O) groups is 1. The molecule has 170 valence electrons. The summed E-state index contributed by atoms with van der Waals surface area (Å²) in [5.41, 5.74) is 1.15. The smallest absolute Gasteiger partial charge is 0.272 e. The van der Waals surface area contributed by atoms with Crippen LogP contribution in [0, 0.1) is 0 Å². The maximum absolute atomic E-state index is 12.9. The van der Waals surface area contributed by atoms with Gasteiger partial charge in [-0.25, -0.2) is 17.7 Å². The Morgan fingerprint density at radius 1 is 1.26 bits per heavy atom. The molecule has 1 N–H and O–H groups in total. The van der Waals surface area contributed by atoms with E-state index in [1.807, 2.05) is 28.8 Å². The van der Waals surface area contributed by atoms with E-state index < -0.39 is 10.0 Å². The standard InChI is InChI=1S/C21H31N5O4S/c1-31(28,29)25-10-4-6-17(16-25)20-23-19(18-7-2-3-11-26(18)20)21(27)22-8-5-9-24-12-14-30-15-13-24/h2-3,7,11,17H,4-6,8-10,12-16H2,1H3,(H,22,27)/t17-/m1/s1. The lowest BCUT2D eigenvalue weighted by Crippen LogP contribution is -2.38. The lowest BCUT2D eigenvalue weighted by Gasteiger charge is -2.30. The van der Waals surface area contributed by atoms with Gasteiger partial charge in [-0.2, -0.15) is 0 Å². The Morgan fingerprint density at radius 3 is 2.84 bits per heavy atom. The van der Waals surface area contributed by atoms with Crippen molar-refractivity contribution in [3.8, 4) is 0 Å². The van der Waals surface area contributed by atoms with E-state index in [2.05, 4.69) is 10.2 Å². The van der Waals surface area contributed by atoms with Crippen LogP contribution in [0.3, 0.4) is 0 Å². The highest BCUT2D eigenvalue weighted by Gasteiger charge is 2.30. The molecule has 2 fully saturated rings. The number of nitrogens with one attached hydrogen (secondary N) is 1. The van der Waals surface area contributed by atoms with Crippen molar-refractivity contribution in [3.63, 3.8) is 0 Å². The summed E-state index contributed by atoms with van der Waals surface area (Å²) in [6, 6.07) is 5.68. The number of pyridine rings is 1. The summed E-state index contributed by atoms with van der Waals surface area (Å²) >= 11 is 0. The first kappa shape index (κ1) is 22.2. The second-order valence-corrected chi connectivity index (χ2v) is 10.3. The minimum atomic E-state index is -3.25. The Bertz CT molecular complexity index is 1020. The quantitative estimate of drug-likeness (QED) is 0.632. The summed E-state index contributed by atoms with van der Waals surface area (Å²) in [6.45, 7) is 5.87. The zero-order valence-electron chi connectivity index (χ0n) is 18.0. The van der Waals surface area contributed by atoms with Crippen LogP contribution in [0.2, 0.25) is 0 Å². The molecule has 1 amide bonds. The third-order valence-corrected chi connectivity index (χ3v) is 7.32. The van der Waals surface area contributed by atoms with Crippen LogP contribution in [0.4, 0.5) is 0 Å². The van der Waals surface area contributed by atoms with E-state index in [0.717, 1.165) is 63.5 Å². The number of hydrogen-bond donors (Lipinski definition) is 1. The predicted octanol–water partition coefficient (Wildman–Crippen LogP) is 0.925. The molecule has 2 aromatic rings. The van der Waals surface area contributed by atoms with Crippen LogP contribution in [0.25, 0.3) is 5.52 Å². The van der Waals surface area contributed by atoms with Crippen LogP contribution >= 0.6 is 0 Å². The lowest BCUT2D eigenvalue weighted by atomic mass is 9.99. The van der Waals surface area contributed by atoms with Gasteiger partial charge in [0, 0.05) is 44.8 Å². The van der Waals surface area contributed by atoms with Gasteiger partial charge in [0.25, 0.3) is 5.91 Å². The Balaban J connectivity index is 1.45. The van der Waals surface area contributed by atoms with E-state index in [4.69, 9.17) is 9.72 Å². The van der Waals surface area contributed by atoms with E-state index in [0.29, 0.717) is 25.3 Å². The van der Waals surface area contributed by atoms with E-state index in [1.54, 1.807) is 0 Å². The maximum Gasteiger partial charge on any atom is 0.272 e. The first-order valence-corrected chi connectivity index (χ1v) is 12.8. The SMILES string of the molecule is CS(=O)(=O)N1CCC[C@@H](c2nc(C(=O)NCCCN3CCOCC3)c3ccccn23)C1. The number of carbonyl (C=O) groups excluding carboxylic acids is 1. The first-order chi connectivity index (χ1) is 14.9. The van der Waals surface area contributed by atoms with Crippen LogP contribution in [0.5, 0.6) is 0 Å². The Morgan fingerprint density at radius 2 is 2.06 bits per heavy atom. The number of aromatic nitrogens is 2. The molecule has 0 aromatic carbocycles. The van der Waals surface area contributed by atoms with Gasteiger partial charge < -0.3 is 14.5 Å². The summed E-state index contributed by atoms with van der Waals surface area (Å²) in [6.07, 6.45) is 5.64. The van der Waals surface area contributed by atoms with Crippen molar-refractivity contribution in [2.45, 2.75) is 25.2 Å². The van der Waals surface area contributed by atoms with Crippen molar-refractivity contribution >= 4 is 21.4 Å². The molecule has 0 unspecified atom stereocenters. The number of fused-ring (bicyclic) bond motifs is 1. The highest BCUT2D eigenvalue weighted by Crippen LogP contribution is 2.29. The van der Waals surface area contributed by atoms with E-state index >= 15 is 0 Å². The Hall–Kier alpha value is -2.01. The fourth-order valence-electron chi connectivity index (χ4n) is 4.38. The normalized spacial score (nSPS) is 21.4. The van der Waals surface area contributed by atoms with Gasteiger partial charge in [-0.1, -0.05) is 6.07 Å². The van der Waals surface area contributed by atoms with Crippen molar-refractivity contribution in [1.82, 2.24) is 23.9 Å².